The lowest BCUT2D eigenvalue weighted by Gasteiger charge is -2.21. The summed E-state index contributed by atoms with van der Waals surface area (Å²) in [6.45, 7) is 8.10. The first kappa shape index (κ1) is 16.3. The first-order chi connectivity index (χ1) is 9.29. The molecule has 1 aromatic rings. The van der Waals surface area contributed by atoms with Gasteiger partial charge >= 0.3 is 7.12 Å². The van der Waals surface area contributed by atoms with E-state index in [1.807, 2.05) is 6.07 Å². The maximum Gasteiger partial charge on any atom is 0.464 e. The van der Waals surface area contributed by atoms with Gasteiger partial charge in [-0.25, -0.2) is 0 Å². The number of hydrogen-bond donors (Lipinski definition) is 0. The average molecular weight is 262 g/mol. The molecule has 2 nitrogen and oxygen atoms in total. The highest BCUT2D eigenvalue weighted by Gasteiger charge is 2.27. The molecule has 0 aliphatic heterocycles. The van der Waals surface area contributed by atoms with Crippen molar-refractivity contribution < 1.29 is 9.31 Å². The van der Waals surface area contributed by atoms with E-state index >= 15 is 0 Å². The normalized spacial score (nSPS) is 12.4. The SMILES string of the molecule is CCCCOB(OCCCC)[C@H](C)c1ccccc1. The monoisotopic (exact) mass is 262 g/mol. The van der Waals surface area contributed by atoms with Crippen molar-refractivity contribution in [1.82, 2.24) is 0 Å². The highest BCUT2D eigenvalue weighted by Crippen LogP contribution is 2.20. The third-order valence-corrected chi connectivity index (χ3v) is 3.29. The van der Waals surface area contributed by atoms with E-state index in [4.69, 9.17) is 9.31 Å². The van der Waals surface area contributed by atoms with Crippen molar-refractivity contribution >= 4 is 7.12 Å². The predicted octanol–water partition coefficient (Wildman–Crippen LogP) is 4.45. The van der Waals surface area contributed by atoms with E-state index in [0.29, 0.717) is 0 Å². The summed E-state index contributed by atoms with van der Waals surface area (Å²) < 4.78 is 11.8. The molecule has 3 heteroatoms. The molecule has 106 valence electrons. The van der Waals surface area contributed by atoms with Crippen LogP contribution in [0.25, 0.3) is 0 Å². The fourth-order valence-corrected chi connectivity index (χ4v) is 1.94. The van der Waals surface area contributed by atoms with Gasteiger partial charge in [0.1, 0.15) is 0 Å². The van der Waals surface area contributed by atoms with Gasteiger partial charge in [0.25, 0.3) is 0 Å². The van der Waals surface area contributed by atoms with Crippen LogP contribution in [0, 0.1) is 0 Å². The zero-order chi connectivity index (χ0) is 13.9. The van der Waals surface area contributed by atoms with Crippen molar-refractivity contribution in [2.24, 2.45) is 0 Å². The van der Waals surface area contributed by atoms with Gasteiger partial charge in [0.2, 0.25) is 0 Å². The molecule has 0 saturated carbocycles. The molecule has 0 N–H and O–H groups in total. The minimum Gasteiger partial charge on any atom is -0.411 e. The van der Waals surface area contributed by atoms with Crippen LogP contribution in [-0.2, 0) is 9.31 Å². The largest absolute Gasteiger partial charge is 0.464 e. The van der Waals surface area contributed by atoms with Crippen LogP contribution in [0.1, 0.15) is 57.8 Å². The van der Waals surface area contributed by atoms with Crippen molar-refractivity contribution in [2.45, 2.75) is 52.3 Å². The van der Waals surface area contributed by atoms with Crippen LogP contribution in [0.3, 0.4) is 0 Å². The van der Waals surface area contributed by atoms with Crippen LogP contribution >= 0.6 is 0 Å². The Bertz CT molecular complexity index is 306. The topological polar surface area (TPSA) is 18.5 Å². The maximum absolute atomic E-state index is 5.92. The summed E-state index contributed by atoms with van der Waals surface area (Å²) in [6.07, 6.45) is 4.49. The smallest absolute Gasteiger partial charge is 0.411 e. The molecule has 0 spiro atoms. The van der Waals surface area contributed by atoms with Crippen molar-refractivity contribution in [2.75, 3.05) is 13.2 Å². The van der Waals surface area contributed by atoms with Crippen molar-refractivity contribution in [3.8, 4) is 0 Å². The Morgan fingerprint density at radius 3 is 1.95 bits per heavy atom. The summed E-state index contributed by atoms with van der Waals surface area (Å²) >= 11 is 0. The molecule has 0 fully saturated rings. The fourth-order valence-electron chi connectivity index (χ4n) is 1.94. The van der Waals surface area contributed by atoms with Crippen LogP contribution in [-0.4, -0.2) is 20.3 Å². The van der Waals surface area contributed by atoms with E-state index in [9.17, 15) is 0 Å². The second-order valence-electron chi connectivity index (χ2n) is 5.02. The predicted molar refractivity (Wildman–Crippen MR) is 82.3 cm³/mol. The average Bonchev–Trinajstić information content (AvgIpc) is 2.46. The van der Waals surface area contributed by atoms with Gasteiger partial charge < -0.3 is 9.31 Å². The molecule has 0 unspecified atom stereocenters. The van der Waals surface area contributed by atoms with Gasteiger partial charge in [-0.2, -0.15) is 0 Å². The van der Waals surface area contributed by atoms with E-state index in [1.165, 1.54) is 5.56 Å². The minimum absolute atomic E-state index is 0.125. The van der Waals surface area contributed by atoms with Crippen LogP contribution in [0.4, 0.5) is 0 Å². The second kappa shape index (κ2) is 10.0. The fraction of sp³-hybridized carbons (Fsp3) is 0.625. The third kappa shape index (κ3) is 6.26. The molecule has 0 heterocycles. The Kier molecular flexibility index (Phi) is 8.60. The second-order valence-corrected chi connectivity index (χ2v) is 5.02. The minimum atomic E-state index is -0.125. The Morgan fingerprint density at radius 1 is 0.947 bits per heavy atom. The van der Waals surface area contributed by atoms with Gasteiger partial charge in [0, 0.05) is 19.0 Å². The zero-order valence-electron chi connectivity index (χ0n) is 12.6. The summed E-state index contributed by atoms with van der Waals surface area (Å²) in [5.41, 5.74) is 1.28. The summed E-state index contributed by atoms with van der Waals surface area (Å²) in [5.74, 6) is 0.273. The lowest BCUT2D eigenvalue weighted by Crippen LogP contribution is -2.30. The zero-order valence-corrected chi connectivity index (χ0v) is 12.6. The van der Waals surface area contributed by atoms with E-state index < -0.39 is 0 Å². The van der Waals surface area contributed by atoms with E-state index in [2.05, 4.69) is 45.0 Å². The maximum atomic E-state index is 5.92. The first-order valence-electron chi connectivity index (χ1n) is 7.57. The van der Waals surface area contributed by atoms with Crippen molar-refractivity contribution in [1.29, 1.82) is 0 Å². The Labute approximate surface area is 118 Å². The molecule has 1 rings (SSSR count). The highest BCUT2D eigenvalue weighted by atomic mass is 16.6. The Morgan fingerprint density at radius 2 is 1.47 bits per heavy atom. The van der Waals surface area contributed by atoms with Gasteiger partial charge in [0.05, 0.1) is 0 Å². The van der Waals surface area contributed by atoms with Gasteiger partial charge in [-0.1, -0.05) is 63.9 Å². The molecular formula is C16H27BO2. The number of unbranched alkanes of at least 4 members (excludes halogenated alkanes) is 2. The van der Waals surface area contributed by atoms with Crippen LogP contribution in [0.5, 0.6) is 0 Å². The van der Waals surface area contributed by atoms with E-state index in [0.717, 1.165) is 38.9 Å². The van der Waals surface area contributed by atoms with Crippen LogP contribution < -0.4 is 0 Å². The summed E-state index contributed by atoms with van der Waals surface area (Å²) in [6, 6.07) is 10.5. The van der Waals surface area contributed by atoms with Gasteiger partial charge in [-0.3, -0.25) is 0 Å². The third-order valence-electron chi connectivity index (χ3n) is 3.29. The molecule has 0 radical (unpaired) electrons. The van der Waals surface area contributed by atoms with Crippen LogP contribution in [0.2, 0.25) is 0 Å². The quantitative estimate of drug-likeness (QED) is 0.458. The summed E-state index contributed by atoms with van der Waals surface area (Å²) in [4.78, 5) is 0. The molecule has 0 bridgehead atoms. The molecule has 0 aromatic heterocycles. The van der Waals surface area contributed by atoms with Gasteiger partial charge in [0.15, 0.2) is 0 Å². The van der Waals surface area contributed by atoms with E-state index in [1.54, 1.807) is 0 Å². The molecule has 0 aliphatic carbocycles. The standard InChI is InChI=1S/C16H27BO2/c1-4-6-13-18-17(19-14-7-5-2)15(3)16-11-9-8-10-12-16/h8-12,15H,4-7,13-14H2,1-3H3/t15-/m1/s1. The summed E-state index contributed by atoms with van der Waals surface area (Å²) in [7, 11) is -0.125. The molecular weight excluding hydrogens is 235 g/mol. The molecule has 0 aliphatic rings. The van der Waals surface area contributed by atoms with Crippen molar-refractivity contribution in [3.05, 3.63) is 35.9 Å². The first-order valence-corrected chi connectivity index (χ1v) is 7.57. The molecule has 19 heavy (non-hydrogen) atoms. The Hall–Kier alpha value is -0.795. The number of rotatable bonds is 10. The molecule has 1 atom stereocenters. The van der Waals surface area contributed by atoms with E-state index in [-0.39, 0.29) is 12.9 Å². The van der Waals surface area contributed by atoms with Crippen molar-refractivity contribution in [3.63, 3.8) is 0 Å². The lowest BCUT2D eigenvalue weighted by molar-refractivity contribution is 0.185. The highest BCUT2D eigenvalue weighted by molar-refractivity contribution is 6.46. The number of hydrogen-bond acceptors (Lipinski definition) is 2. The number of benzene rings is 1. The van der Waals surface area contributed by atoms with Crippen LogP contribution in [0.15, 0.2) is 30.3 Å². The molecule has 0 saturated heterocycles. The molecule has 0 amide bonds. The summed E-state index contributed by atoms with van der Waals surface area (Å²) in [5, 5.41) is 0. The van der Waals surface area contributed by atoms with Gasteiger partial charge in [-0.15, -0.1) is 0 Å². The van der Waals surface area contributed by atoms with Gasteiger partial charge in [-0.05, 0) is 18.4 Å². The molecule has 1 aromatic carbocycles. The Balaban J connectivity index is 2.55. The lowest BCUT2D eigenvalue weighted by atomic mass is 9.69.